The van der Waals surface area contributed by atoms with Crippen LogP contribution in [0.5, 0.6) is 5.75 Å². The molecule has 188 valence electrons. The Morgan fingerprint density at radius 3 is 2.58 bits per heavy atom. The minimum absolute atomic E-state index is 0.0119. The Morgan fingerprint density at radius 2 is 1.72 bits per heavy atom. The summed E-state index contributed by atoms with van der Waals surface area (Å²) in [5.74, 6) is 2.08. The van der Waals surface area contributed by atoms with Crippen molar-refractivity contribution in [3.8, 4) is 5.75 Å². The van der Waals surface area contributed by atoms with E-state index in [1.807, 2.05) is 48.5 Å². The van der Waals surface area contributed by atoms with Crippen LogP contribution in [0.25, 0.3) is 11.0 Å². The molecule has 0 bridgehead atoms. The first-order valence-corrected chi connectivity index (χ1v) is 13.1. The van der Waals surface area contributed by atoms with Gasteiger partial charge < -0.3 is 14.6 Å². The van der Waals surface area contributed by atoms with E-state index in [2.05, 4.69) is 41.1 Å². The molecule has 0 aliphatic carbocycles. The first kappa shape index (κ1) is 25.8. The molecule has 0 saturated carbocycles. The lowest BCUT2D eigenvalue weighted by atomic mass is 10.1. The number of para-hydroxylation sites is 3. The molecule has 1 amide bonds. The van der Waals surface area contributed by atoms with Crippen LogP contribution in [0.2, 0.25) is 5.02 Å². The number of unbranched alkanes of at least 4 members (excludes halogenated alkanes) is 2. The number of carbonyl (C=O) groups excluding carboxylic acids is 1. The smallest absolute Gasteiger partial charge is 0.224 e. The second-order valence-corrected chi connectivity index (χ2v) is 9.47. The number of carbonyl (C=O) groups is 1. The molecule has 6 heteroatoms. The monoisotopic (exact) mass is 503 g/mol. The van der Waals surface area contributed by atoms with E-state index in [0.717, 1.165) is 66.9 Å². The Labute approximate surface area is 218 Å². The largest absolute Gasteiger partial charge is 0.493 e. The fourth-order valence-corrected chi connectivity index (χ4v) is 4.58. The number of hydrogen-bond donors (Lipinski definition) is 1. The normalized spacial score (nSPS) is 11.1. The summed E-state index contributed by atoms with van der Waals surface area (Å²) in [5, 5.41) is 3.65. The Hall–Kier alpha value is -3.31. The Bertz CT molecular complexity index is 1280. The van der Waals surface area contributed by atoms with Crippen molar-refractivity contribution in [2.75, 3.05) is 13.2 Å². The first-order chi connectivity index (χ1) is 17.6. The van der Waals surface area contributed by atoms with Crippen molar-refractivity contribution < 1.29 is 9.53 Å². The highest BCUT2D eigenvalue weighted by atomic mass is 35.5. The standard InChI is InChI=1S/C30H34ClN3O2/c1-23-12-4-9-17-28(23)36-21-11-20-34-27-16-8-7-15-26(27)33-29(34)18-3-2-10-19-32-30(35)22-24-13-5-6-14-25(24)31/h4-9,12-17H,2-3,10-11,18-22H2,1H3,(H,32,35). The van der Waals surface area contributed by atoms with Gasteiger partial charge in [-0.3, -0.25) is 4.79 Å². The molecule has 0 radical (unpaired) electrons. The third kappa shape index (κ3) is 7.11. The molecule has 1 heterocycles. The van der Waals surface area contributed by atoms with Gasteiger partial charge in [-0.25, -0.2) is 4.98 Å². The van der Waals surface area contributed by atoms with E-state index in [9.17, 15) is 4.79 Å². The van der Waals surface area contributed by atoms with E-state index in [1.54, 1.807) is 0 Å². The fourth-order valence-electron chi connectivity index (χ4n) is 4.38. The van der Waals surface area contributed by atoms with E-state index < -0.39 is 0 Å². The molecule has 36 heavy (non-hydrogen) atoms. The Kier molecular flexibility index (Phi) is 9.40. The van der Waals surface area contributed by atoms with Gasteiger partial charge in [0.15, 0.2) is 0 Å². The van der Waals surface area contributed by atoms with Gasteiger partial charge in [-0.15, -0.1) is 0 Å². The van der Waals surface area contributed by atoms with Crippen molar-refractivity contribution in [2.45, 2.75) is 52.0 Å². The van der Waals surface area contributed by atoms with Crippen LogP contribution in [0.15, 0.2) is 72.8 Å². The van der Waals surface area contributed by atoms with Crippen LogP contribution < -0.4 is 10.1 Å². The average molecular weight is 504 g/mol. The predicted molar refractivity (Wildman–Crippen MR) is 147 cm³/mol. The van der Waals surface area contributed by atoms with Gasteiger partial charge in [0.1, 0.15) is 11.6 Å². The van der Waals surface area contributed by atoms with Gasteiger partial charge in [-0.1, -0.05) is 66.6 Å². The third-order valence-corrected chi connectivity index (χ3v) is 6.69. The van der Waals surface area contributed by atoms with E-state index >= 15 is 0 Å². The van der Waals surface area contributed by atoms with Crippen LogP contribution >= 0.6 is 11.6 Å². The van der Waals surface area contributed by atoms with Gasteiger partial charge in [0.25, 0.3) is 0 Å². The maximum absolute atomic E-state index is 12.2. The van der Waals surface area contributed by atoms with E-state index in [-0.39, 0.29) is 5.91 Å². The summed E-state index contributed by atoms with van der Waals surface area (Å²) in [7, 11) is 0. The van der Waals surface area contributed by atoms with Crippen molar-refractivity contribution in [2.24, 2.45) is 0 Å². The van der Waals surface area contributed by atoms with E-state index in [1.165, 1.54) is 5.52 Å². The summed E-state index contributed by atoms with van der Waals surface area (Å²) in [4.78, 5) is 17.1. The van der Waals surface area contributed by atoms with Gasteiger partial charge in [0.05, 0.1) is 24.1 Å². The lowest BCUT2D eigenvalue weighted by molar-refractivity contribution is -0.120. The Morgan fingerprint density at radius 1 is 0.944 bits per heavy atom. The fraction of sp³-hybridized carbons (Fsp3) is 0.333. The summed E-state index contributed by atoms with van der Waals surface area (Å²) in [6.45, 7) is 4.29. The second kappa shape index (κ2) is 13.1. The number of benzene rings is 3. The first-order valence-electron chi connectivity index (χ1n) is 12.7. The lowest BCUT2D eigenvalue weighted by Crippen LogP contribution is -2.26. The molecule has 4 aromatic rings. The lowest BCUT2D eigenvalue weighted by Gasteiger charge is -2.12. The number of aromatic nitrogens is 2. The van der Waals surface area contributed by atoms with Crippen molar-refractivity contribution >= 4 is 28.5 Å². The number of hydrogen-bond acceptors (Lipinski definition) is 3. The van der Waals surface area contributed by atoms with Gasteiger partial charge >= 0.3 is 0 Å². The number of halogens is 1. The summed E-state index contributed by atoms with van der Waals surface area (Å²) >= 11 is 6.15. The molecule has 5 nitrogen and oxygen atoms in total. The van der Waals surface area contributed by atoms with Crippen molar-refractivity contribution in [1.29, 1.82) is 0 Å². The minimum atomic E-state index is 0.0119. The molecule has 0 atom stereocenters. The van der Waals surface area contributed by atoms with Gasteiger partial charge in [0.2, 0.25) is 5.91 Å². The van der Waals surface area contributed by atoms with E-state index in [4.69, 9.17) is 21.3 Å². The van der Waals surface area contributed by atoms with Crippen LogP contribution in [-0.4, -0.2) is 28.6 Å². The quantitative estimate of drug-likeness (QED) is 0.211. The number of ether oxygens (including phenoxy) is 1. The van der Waals surface area contributed by atoms with Crippen molar-refractivity contribution in [3.05, 3.63) is 94.8 Å². The maximum atomic E-state index is 12.2. The average Bonchev–Trinajstić information content (AvgIpc) is 3.23. The molecule has 0 saturated heterocycles. The molecule has 0 fully saturated rings. The molecule has 0 unspecified atom stereocenters. The number of imidazole rings is 1. The van der Waals surface area contributed by atoms with Crippen LogP contribution in [0.4, 0.5) is 0 Å². The minimum Gasteiger partial charge on any atom is -0.493 e. The van der Waals surface area contributed by atoms with Gasteiger partial charge in [-0.2, -0.15) is 0 Å². The van der Waals surface area contributed by atoms with Crippen LogP contribution in [-0.2, 0) is 24.2 Å². The summed E-state index contributed by atoms with van der Waals surface area (Å²) in [6, 6.07) is 23.9. The number of nitrogens with one attached hydrogen (secondary N) is 1. The number of fused-ring (bicyclic) bond motifs is 1. The van der Waals surface area contributed by atoms with Gasteiger partial charge in [0, 0.05) is 24.5 Å². The maximum Gasteiger partial charge on any atom is 0.224 e. The number of amides is 1. The molecule has 1 aromatic heterocycles. The second-order valence-electron chi connectivity index (χ2n) is 9.06. The number of nitrogens with zero attached hydrogens (tertiary/aromatic N) is 2. The van der Waals surface area contributed by atoms with Crippen LogP contribution in [0.1, 0.15) is 42.6 Å². The molecule has 1 N–H and O–H groups in total. The predicted octanol–water partition coefficient (Wildman–Crippen LogP) is 6.54. The summed E-state index contributed by atoms with van der Waals surface area (Å²) < 4.78 is 8.34. The molecular formula is C30H34ClN3O2. The zero-order chi connectivity index (χ0) is 25.2. The van der Waals surface area contributed by atoms with Crippen molar-refractivity contribution in [3.63, 3.8) is 0 Å². The van der Waals surface area contributed by atoms with E-state index in [0.29, 0.717) is 24.6 Å². The number of rotatable bonds is 13. The molecule has 0 spiro atoms. The molecular weight excluding hydrogens is 470 g/mol. The van der Waals surface area contributed by atoms with Crippen molar-refractivity contribution in [1.82, 2.24) is 14.9 Å². The number of aryl methyl sites for hydroxylation is 3. The van der Waals surface area contributed by atoms with Gasteiger partial charge in [-0.05, 0) is 61.6 Å². The third-order valence-electron chi connectivity index (χ3n) is 6.32. The molecule has 0 aliphatic heterocycles. The highest BCUT2D eigenvalue weighted by Crippen LogP contribution is 2.20. The van der Waals surface area contributed by atoms with Crippen LogP contribution in [0.3, 0.4) is 0 Å². The highest BCUT2D eigenvalue weighted by molar-refractivity contribution is 6.31. The SMILES string of the molecule is Cc1ccccc1OCCCn1c(CCCCCNC(=O)Cc2ccccc2Cl)nc2ccccc21. The molecule has 0 aliphatic rings. The molecule has 3 aromatic carbocycles. The topological polar surface area (TPSA) is 56.1 Å². The highest BCUT2D eigenvalue weighted by Gasteiger charge is 2.11. The summed E-state index contributed by atoms with van der Waals surface area (Å²) in [5.41, 5.74) is 4.24. The molecule has 4 rings (SSSR count). The zero-order valence-corrected chi connectivity index (χ0v) is 21.6. The summed E-state index contributed by atoms with van der Waals surface area (Å²) in [6.07, 6.45) is 5.16. The zero-order valence-electron chi connectivity index (χ0n) is 20.9. The Balaban J connectivity index is 1.22. The van der Waals surface area contributed by atoms with Crippen LogP contribution in [0, 0.1) is 6.92 Å².